The summed E-state index contributed by atoms with van der Waals surface area (Å²) in [5.41, 5.74) is 3.36. The minimum absolute atomic E-state index is 0. The Labute approximate surface area is 206 Å². The van der Waals surface area contributed by atoms with Crippen LogP contribution in [0.15, 0.2) is 59.4 Å². The molecular formula is C25H33N2O2Y-. The molecule has 159 valence electrons. The molecule has 2 aromatic carbocycles. The fourth-order valence-corrected chi connectivity index (χ4v) is 3.09. The van der Waals surface area contributed by atoms with Crippen molar-refractivity contribution in [2.24, 2.45) is 5.92 Å². The topological polar surface area (TPSA) is 55.1 Å². The molecule has 0 aliphatic rings. The van der Waals surface area contributed by atoms with Gasteiger partial charge in [-0.15, -0.1) is 0 Å². The summed E-state index contributed by atoms with van der Waals surface area (Å²) in [6.07, 6.45) is 0.476. The monoisotopic (exact) mass is 482 g/mol. The van der Waals surface area contributed by atoms with Gasteiger partial charge >= 0.3 is 0 Å². The van der Waals surface area contributed by atoms with Gasteiger partial charge in [-0.1, -0.05) is 82.3 Å². The van der Waals surface area contributed by atoms with E-state index in [9.17, 15) is 9.90 Å². The molecular weight excluding hydrogens is 449 g/mol. The van der Waals surface area contributed by atoms with Gasteiger partial charge in [0.2, 0.25) is 0 Å². The Morgan fingerprint density at radius 3 is 2.13 bits per heavy atom. The first-order valence-corrected chi connectivity index (χ1v) is 9.90. The quantitative estimate of drug-likeness (QED) is 0.479. The normalized spacial score (nSPS) is 9.80. The molecule has 0 saturated heterocycles. The standard InChI is InChI=1S/C22H24N2O2.C2H6.CH3.Y/c1-15(2)14-24-22(26)20(18-12-8-7-9-16(18)3)21(25)19(23-24)13-17-10-5-4-6-11-17;1-2;;/h4-12,15,25H,13-14H2,1-3H3;1-2H3;1H3;/q;;-1;. The van der Waals surface area contributed by atoms with Gasteiger partial charge in [0.1, 0.15) is 5.69 Å². The minimum atomic E-state index is -0.248. The van der Waals surface area contributed by atoms with E-state index in [4.69, 9.17) is 0 Å². The van der Waals surface area contributed by atoms with Crippen molar-refractivity contribution in [3.05, 3.63) is 89.2 Å². The van der Waals surface area contributed by atoms with E-state index in [2.05, 4.69) is 5.10 Å². The van der Waals surface area contributed by atoms with Gasteiger partial charge in [-0.2, -0.15) is 5.10 Å². The van der Waals surface area contributed by atoms with E-state index in [1.54, 1.807) is 0 Å². The zero-order chi connectivity index (χ0) is 20.7. The van der Waals surface area contributed by atoms with Crippen molar-refractivity contribution < 1.29 is 37.8 Å². The van der Waals surface area contributed by atoms with E-state index in [1.165, 1.54) is 4.68 Å². The third kappa shape index (κ3) is 6.89. The molecule has 0 bridgehead atoms. The SMILES string of the molecule is CC.Cc1ccccc1-c1c(O)c(Cc2ccccc2)nn(CC(C)C)c1=O.[CH3-].[Y]. The van der Waals surface area contributed by atoms with Crippen molar-refractivity contribution in [3.63, 3.8) is 0 Å². The number of aromatic nitrogens is 2. The number of hydrogen-bond acceptors (Lipinski definition) is 3. The van der Waals surface area contributed by atoms with Crippen LogP contribution in [0.2, 0.25) is 0 Å². The first-order chi connectivity index (χ1) is 13.5. The Balaban J connectivity index is 0.00000204. The summed E-state index contributed by atoms with van der Waals surface area (Å²) in [6.45, 7) is 10.6. The molecule has 1 radical (unpaired) electrons. The first-order valence-electron chi connectivity index (χ1n) is 9.90. The zero-order valence-electron chi connectivity index (χ0n) is 19.0. The van der Waals surface area contributed by atoms with Crippen LogP contribution in [-0.2, 0) is 45.7 Å². The Morgan fingerprint density at radius 2 is 1.57 bits per heavy atom. The van der Waals surface area contributed by atoms with Crippen LogP contribution >= 0.6 is 0 Å². The second-order valence-electron chi connectivity index (χ2n) is 7.03. The van der Waals surface area contributed by atoms with Gasteiger partial charge in [-0.05, 0) is 29.5 Å². The predicted octanol–water partition coefficient (Wildman–Crippen LogP) is 5.65. The number of nitrogens with zero attached hydrogens (tertiary/aromatic N) is 2. The molecule has 0 atom stereocenters. The van der Waals surface area contributed by atoms with Gasteiger partial charge in [-0.3, -0.25) is 4.79 Å². The van der Waals surface area contributed by atoms with Crippen LogP contribution in [0.4, 0.5) is 0 Å². The molecule has 0 amide bonds. The minimum Gasteiger partial charge on any atom is -0.505 e. The third-order valence-corrected chi connectivity index (χ3v) is 4.37. The van der Waals surface area contributed by atoms with Crippen LogP contribution in [0.3, 0.4) is 0 Å². The molecule has 0 spiro atoms. The molecule has 1 heterocycles. The molecule has 0 aliphatic carbocycles. The summed E-state index contributed by atoms with van der Waals surface area (Å²) in [5.74, 6) is 0.257. The second kappa shape index (κ2) is 13.5. The maximum absolute atomic E-state index is 13.0. The summed E-state index contributed by atoms with van der Waals surface area (Å²) in [4.78, 5) is 13.0. The fourth-order valence-electron chi connectivity index (χ4n) is 3.09. The van der Waals surface area contributed by atoms with Gasteiger partial charge in [-0.25, -0.2) is 4.68 Å². The van der Waals surface area contributed by atoms with Crippen LogP contribution in [0.25, 0.3) is 11.1 Å². The molecule has 30 heavy (non-hydrogen) atoms. The zero-order valence-corrected chi connectivity index (χ0v) is 21.9. The van der Waals surface area contributed by atoms with Crippen molar-refractivity contribution in [1.29, 1.82) is 0 Å². The Morgan fingerprint density at radius 1 is 1.00 bits per heavy atom. The average molecular weight is 482 g/mol. The molecule has 0 saturated carbocycles. The van der Waals surface area contributed by atoms with Crippen molar-refractivity contribution >= 4 is 0 Å². The number of aromatic hydroxyl groups is 1. The second-order valence-corrected chi connectivity index (χ2v) is 7.03. The molecule has 0 unspecified atom stereocenters. The summed E-state index contributed by atoms with van der Waals surface area (Å²) < 4.78 is 1.49. The van der Waals surface area contributed by atoms with E-state index >= 15 is 0 Å². The Hall–Kier alpha value is -1.78. The summed E-state index contributed by atoms with van der Waals surface area (Å²) >= 11 is 0. The van der Waals surface area contributed by atoms with E-state index in [0.717, 1.165) is 16.7 Å². The summed E-state index contributed by atoms with van der Waals surface area (Å²) in [5, 5.41) is 15.4. The van der Waals surface area contributed by atoms with Crippen molar-refractivity contribution in [2.45, 2.75) is 47.6 Å². The van der Waals surface area contributed by atoms with Gasteiger partial charge in [0, 0.05) is 45.7 Å². The third-order valence-electron chi connectivity index (χ3n) is 4.37. The smallest absolute Gasteiger partial charge is 0.278 e. The van der Waals surface area contributed by atoms with Crippen LogP contribution in [0.1, 0.15) is 44.5 Å². The summed E-state index contributed by atoms with van der Waals surface area (Å²) in [7, 11) is 0. The van der Waals surface area contributed by atoms with E-state index in [0.29, 0.717) is 24.2 Å². The molecule has 0 aliphatic heterocycles. The predicted molar refractivity (Wildman–Crippen MR) is 122 cm³/mol. The molecule has 3 rings (SSSR count). The summed E-state index contributed by atoms with van der Waals surface area (Å²) in [6, 6.07) is 17.5. The largest absolute Gasteiger partial charge is 0.505 e. The fraction of sp³-hybridized carbons (Fsp3) is 0.320. The van der Waals surface area contributed by atoms with Crippen LogP contribution < -0.4 is 5.56 Å². The molecule has 4 nitrogen and oxygen atoms in total. The van der Waals surface area contributed by atoms with E-state index < -0.39 is 0 Å². The Kier molecular flexibility index (Phi) is 12.7. The van der Waals surface area contributed by atoms with Gasteiger partial charge < -0.3 is 12.5 Å². The van der Waals surface area contributed by atoms with Gasteiger partial charge in [0.05, 0.1) is 5.56 Å². The number of benzene rings is 2. The van der Waals surface area contributed by atoms with Crippen molar-refractivity contribution in [1.82, 2.24) is 9.78 Å². The molecule has 1 aromatic heterocycles. The number of aryl methyl sites for hydroxylation is 1. The molecule has 0 fully saturated rings. The Bertz CT molecular complexity index is 967. The number of rotatable bonds is 5. The van der Waals surface area contributed by atoms with Crippen molar-refractivity contribution in [2.75, 3.05) is 0 Å². The van der Waals surface area contributed by atoms with Gasteiger partial charge in [0.25, 0.3) is 5.56 Å². The first kappa shape index (κ1) is 28.2. The maximum Gasteiger partial charge on any atom is 0.278 e. The van der Waals surface area contributed by atoms with Crippen molar-refractivity contribution in [3.8, 4) is 16.9 Å². The van der Waals surface area contributed by atoms with E-state index in [-0.39, 0.29) is 57.4 Å². The average Bonchev–Trinajstić information content (AvgIpc) is 2.69. The van der Waals surface area contributed by atoms with Crippen LogP contribution in [-0.4, -0.2) is 14.9 Å². The van der Waals surface area contributed by atoms with E-state index in [1.807, 2.05) is 89.2 Å². The maximum atomic E-state index is 13.0. The molecule has 1 N–H and O–H groups in total. The molecule has 5 heteroatoms. The van der Waals surface area contributed by atoms with Gasteiger partial charge in [0.15, 0.2) is 5.75 Å². The van der Waals surface area contributed by atoms with Crippen LogP contribution in [0.5, 0.6) is 5.75 Å². The van der Waals surface area contributed by atoms with Crippen LogP contribution in [0, 0.1) is 20.3 Å². The number of hydrogen-bond donors (Lipinski definition) is 1. The molecule has 3 aromatic rings.